The number of β-lactam (4-membered cyclic amide) rings is 1. The molecule has 136 valence electrons. The fraction of sp³-hybridized carbons (Fsp3) is 0.579. The van der Waals surface area contributed by atoms with Crippen molar-refractivity contribution in [3.8, 4) is 0 Å². The van der Waals surface area contributed by atoms with Crippen LogP contribution in [-0.2, 0) is 9.53 Å². The standard InChI is InChI=1S/C19H27N3O3/c1-20(2)16-6-4-5-15(13-16)17(23)21-9-7-19(8-10-21)14-22(18(19)24)11-12-25-3/h4-6,13H,7-12,14H2,1-3H3. The number of nitrogens with zero attached hydrogens (tertiary/aromatic N) is 3. The van der Waals surface area contributed by atoms with Crippen molar-refractivity contribution < 1.29 is 14.3 Å². The molecule has 2 saturated heterocycles. The number of hydrogen-bond acceptors (Lipinski definition) is 4. The molecule has 2 aliphatic rings. The number of methoxy groups -OCH3 is 1. The van der Waals surface area contributed by atoms with E-state index >= 15 is 0 Å². The van der Waals surface area contributed by atoms with Crippen molar-refractivity contribution >= 4 is 17.5 Å². The normalized spacial score (nSPS) is 19.1. The van der Waals surface area contributed by atoms with E-state index in [4.69, 9.17) is 4.74 Å². The molecule has 0 radical (unpaired) electrons. The minimum absolute atomic E-state index is 0.0570. The average Bonchev–Trinajstić information content (AvgIpc) is 2.64. The first-order valence-corrected chi connectivity index (χ1v) is 8.82. The van der Waals surface area contributed by atoms with E-state index in [1.807, 2.05) is 53.1 Å². The van der Waals surface area contributed by atoms with Gasteiger partial charge in [0.25, 0.3) is 5.91 Å². The molecular formula is C19H27N3O3. The first-order chi connectivity index (χ1) is 12.0. The molecule has 2 amide bonds. The van der Waals surface area contributed by atoms with Gasteiger partial charge in [0.15, 0.2) is 0 Å². The van der Waals surface area contributed by atoms with Crippen LogP contribution in [0.15, 0.2) is 24.3 Å². The van der Waals surface area contributed by atoms with Crippen molar-refractivity contribution in [2.75, 3.05) is 58.9 Å². The molecule has 1 aromatic carbocycles. The van der Waals surface area contributed by atoms with Gasteiger partial charge in [0.2, 0.25) is 5.91 Å². The number of anilines is 1. The zero-order valence-corrected chi connectivity index (χ0v) is 15.3. The van der Waals surface area contributed by atoms with E-state index in [9.17, 15) is 9.59 Å². The van der Waals surface area contributed by atoms with Gasteiger partial charge in [0.1, 0.15) is 0 Å². The van der Waals surface area contributed by atoms with Crippen LogP contribution in [0.1, 0.15) is 23.2 Å². The third-order valence-electron chi connectivity index (χ3n) is 5.42. The van der Waals surface area contributed by atoms with Crippen molar-refractivity contribution in [1.29, 1.82) is 0 Å². The highest BCUT2D eigenvalue weighted by atomic mass is 16.5. The molecule has 0 saturated carbocycles. The lowest BCUT2D eigenvalue weighted by molar-refractivity contribution is -0.165. The van der Waals surface area contributed by atoms with Crippen LogP contribution < -0.4 is 4.90 Å². The summed E-state index contributed by atoms with van der Waals surface area (Å²) in [6.45, 7) is 3.34. The van der Waals surface area contributed by atoms with Gasteiger partial charge in [-0.3, -0.25) is 9.59 Å². The topological polar surface area (TPSA) is 53.1 Å². The molecule has 0 aliphatic carbocycles. The number of carbonyl (C=O) groups excluding carboxylic acids is 2. The van der Waals surface area contributed by atoms with Crippen molar-refractivity contribution in [2.24, 2.45) is 5.41 Å². The Bertz CT molecular complexity index is 651. The van der Waals surface area contributed by atoms with Crippen LogP contribution in [0.3, 0.4) is 0 Å². The molecule has 25 heavy (non-hydrogen) atoms. The van der Waals surface area contributed by atoms with Gasteiger partial charge in [-0.1, -0.05) is 6.07 Å². The number of benzene rings is 1. The summed E-state index contributed by atoms with van der Waals surface area (Å²) in [4.78, 5) is 31.0. The SMILES string of the molecule is COCCN1CC2(CCN(C(=O)c3cccc(N(C)C)c3)CC2)C1=O. The summed E-state index contributed by atoms with van der Waals surface area (Å²) in [6, 6.07) is 7.69. The number of hydrogen-bond donors (Lipinski definition) is 0. The van der Waals surface area contributed by atoms with Gasteiger partial charge in [-0.15, -0.1) is 0 Å². The third-order valence-corrected chi connectivity index (χ3v) is 5.42. The lowest BCUT2D eigenvalue weighted by Gasteiger charge is -2.52. The summed E-state index contributed by atoms with van der Waals surface area (Å²) in [5.41, 5.74) is 1.49. The number of likely N-dealkylation sites (tertiary alicyclic amines) is 2. The first-order valence-electron chi connectivity index (χ1n) is 8.82. The fourth-order valence-corrected chi connectivity index (χ4v) is 3.74. The van der Waals surface area contributed by atoms with Crippen LogP contribution in [0.25, 0.3) is 0 Å². The van der Waals surface area contributed by atoms with Gasteiger partial charge >= 0.3 is 0 Å². The summed E-state index contributed by atoms with van der Waals surface area (Å²) in [5, 5.41) is 0. The Morgan fingerprint density at radius 3 is 2.60 bits per heavy atom. The number of carbonyl (C=O) groups is 2. The molecule has 2 fully saturated rings. The zero-order valence-electron chi connectivity index (χ0n) is 15.3. The van der Waals surface area contributed by atoms with Crippen LogP contribution in [0.4, 0.5) is 5.69 Å². The maximum Gasteiger partial charge on any atom is 0.253 e. The molecule has 6 heteroatoms. The summed E-state index contributed by atoms with van der Waals surface area (Å²) in [6.07, 6.45) is 1.52. The van der Waals surface area contributed by atoms with Crippen LogP contribution in [-0.4, -0.2) is 75.6 Å². The first kappa shape index (κ1) is 17.7. The zero-order chi connectivity index (χ0) is 18.0. The van der Waals surface area contributed by atoms with Gasteiger partial charge < -0.3 is 19.4 Å². The van der Waals surface area contributed by atoms with E-state index in [2.05, 4.69) is 0 Å². The van der Waals surface area contributed by atoms with Gasteiger partial charge in [-0.2, -0.15) is 0 Å². The molecule has 0 atom stereocenters. The fourth-order valence-electron chi connectivity index (χ4n) is 3.74. The molecule has 2 heterocycles. The van der Waals surface area contributed by atoms with E-state index in [1.54, 1.807) is 7.11 Å². The van der Waals surface area contributed by atoms with Gasteiger partial charge in [0, 0.05) is 58.6 Å². The molecule has 0 aromatic heterocycles. The molecule has 2 aliphatic heterocycles. The minimum Gasteiger partial charge on any atom is -0.383 e. The number of amides is 2. The smallest absolute Gasteiger partial charge is 0.253 e. The molecule has 1 aromatic rings. The molecule has 6 nitrogen and oxygen atoms in total. The Kier molecular flexibility index (Phi) is 4.99. The minimum atomic E-state index is -0.240. The highest BCUT2D eigenvalue weighted by Gasteiger charge is 2.53. The lowest BCUT2D eigenvalue weighted by atomic mass is 9.71. The molecule has 3 rings (SSSR count). The highest BCUT2D eigenvalue weighted by molar-refractivity contribution is 5.95. The molecule has 1 spiro atoms. The second-order valence-electron chi connectivity index (χ2n) is 7.24. The summed E-state index contributed by atoms with van der Waals surface area (Å²) in [7, 11) is 5.58. The van der Waals surface area contributed by atoms with Crippen LogP contribution in [0.5, 0.6) is 0 Å². The van der Waals surface area contributed by atoms with Crippen LogP contribution in [0.2, 0.25) is 0 Å². The average molecular weight is 345 g/mol. The lowest BCUT2D eigenvalue weighted by Crippen LogP contribution is -2.65. The molecule has 0 unspecified atom stereocenters. The summed E-state index contributed by atoms with van der Waals surface area (Å²) < 4.78 is 5.05. The second-order valence-corrected chi connectivity index (χ2v) is 7.24. The Morgan fingerprint density at radius 1 is 1.28 bits per heavy atom. The predicted octanol–water partition coefficient (Wildman–Crippen LogP) is 1.46. The van der Waals surface area contributed by atoms with E-state index in [0.29, 0.717) is 31.8 Å². The monoisotopic (exact) mass is 345 g/mol. The Balaban J connectivity index is 1.59. The van der Waals surface area contributed by atoms with Crippen LogP contribution in [0, 0.1) is 5.41 Å². The summed E-state index contributed by atoms with van der Waals surface area (Å²) in [5.74, 6) is 0.285. The Hall–Kier alpha value is -2.08. The number of piperidine rings is 1. The summed E-state index contributed by atoms with van der Waals surface area (Å²) >= 11 is 0. The van der Waals surface area contributed by atoms with Gasteiger partial charge in [0.05, 0.1) is 12.0 Å². The second kappa shape index (κ2) is 7.04. The van der Waals surface area contributed by atoms with E-state index in [-0.39, 0.29) is 17.2 Å². The van der Waals surface area contributed by atoms with E-state index in [1.165, 1.54) is 0 Å². The van der Waals surface area contributed by atoms with Gasteiger partial charge in [-0.25, -0.2) is 0 Å². The number of rotatable bonds is 5. The molecular weight excluding hydrogens is 318 g/mol. The van der Waals surface area contributed by atoms with Crippen molar-refractivity contribution in [1.82, 2.24) is 9.80 Å². The van der Waals surface area contributed by atoms with E-state index in [0.717, 1.165) is 25.1 Å². The largest absolute Gasteiger partial charge is 0.383 e. The van der Waals surface area contributed by atoms with Gasteiger partial charge in [-0.05, 0) is 31.0 Å². The maximum absolute atomic E-state index is 12.8. The van der Waals surface area contributed by atoms with E-state index < -0.39 is 0 Å². The maximum atomic E-state index is 12.8. The van der Waals surface area contributed by atoms with Crippen molar-refractivity contribution in [3.63, 3.8) is 0 Å². The Morgan fingerprint density at radius 2 is 2.00 bits per heavy atom. The van der Waals surface area contributed by atoms with Crippen molar-refractivity contribution in [2.45, 2.75) is 12.8 Å². The number of ether oxygens (including phenoxy) is 1. The highest BCUT2D eigenvalue weighted by Crippen LogP contribution is 2.41. The third kappa shape index (κ3) is 3.35. The Labute approximate surface area is 149 Å². The molecule has 0 bridgehead atoms. The van der Waals surface area contributed by atoms with Crippen LogP contribution >= 0.6 is 0 Å². The molecule has 0 N–H and O–H groups in total. The quantitative estimate of drug-likeness (QED) is 0.758. The predicted molar refractivity (Wildman–Crippen MR) is 96.8 cm³/mol. The van der Waals surface area contributed by atoms with Crippen molar-refractivity contribution in [3.05, 3.63) is 29.8 Å².